The smallest absolute Gasteiger partial charge is 0.0704 e. The van der Waals surface area contributed by atoms with Crippen molar-refractivity contribution in [3.8, 4) is 0 Å². The van der Waals surface area contributed by atoms with Crippen LogP contribution in [0.25, 0.3) is 0 Å². The Kier molecular flexibility index (Phi) is 7.76. The topological polar surface area (TPSA) is 33.7 Å². The van der Waals surface area contributed by atoms with E-state index in [1.54, 1.807) is 7.11 Å². The number of piperidine rings is 1. The first-order valence-corrected chi connectivity index (χ1v) is 6.34. The van der Waals surface area contributed by atoms with E-state index in [1.165, 1.54) is 38.9 Å². The molecule has 0 aromatic rings. The predicted molar refractivity (Wildman–Crippen MR) is 65.8 cm³/mol. The number of hydrogen-bond donors (Lipinski definition) is 1. The van der Waals surface area contributed by atoms with Crippen molar-refractivity contribution in [1.82, 2.24) is 10.2 Å². The molecule has 0 radical (unpaired) electrons. The molecule has 1 aliphatic heterocycles. The van der Waals surface area contributed by atoms with E-state index in [-0.39, 0.29) is 0 Å². The largest absolute Gasteiger partial charge is 0.382 e. The highest BCUT2D eigenvalue weighted by Gasteiger charge is 2.18. The molecule has 1 rings (SSSR count). The molecule has 4 nitrogen and oxygen atoms in total. The molecule has 0 bridgehead atoms. The summed E-state index contributed by atoms with van der Waals surface area (Å²) in [6.45, 7) is 6.14. The Morgan fingerprint density at radius 1 is 1.25 bits per heavy atom. The van der Waals surface area contributed by atoms with Crippen molar-refractivity contribution >= 4 is 0 Å². The maximum Gasteiger partial charge on any atom is 0.0704 e. The Hall–Kier alpha value is -0.160. The molecule has 0 aliphatic carbocycles. The van der Waals surface area contributed by atoms with E-state index in [1.807, 2.05) is 7.05 Å². The monoisotopic (exact) mass is 230 g/mol. The number of methoxy groups -OCH3 is 1. The van der Waals surface area contributed by atoms with Crippen LogP contribution in [0, 0.1) is 0 Å². The molecule has 4 heteroatoms. The van der Waals surface area contributed by atoms with Gasteiger partial charge in [0.25, 0.3) is 0 Å². The molecule has 96 valence electrons. The second-order valence-corrected chi connectivity index (χ2v) is 4.36. The van der Waals surface area contributed by atoms with Gasteiger partial charge in [0.15, 0.2) is 0 Å². The molecule has 1 saturated heterocycles. The van der Waals surface area contributed by atoms with Gasteiger partial charge in [0.05, 0.1) is 19.3 Å². The highest BCUT2D eigenvalue weighted by atomic mass is 16.5. The van der Waals surface area contributed by atoms with Gasteiger partial charge in [-0.05, 0) is 39.4 Å². The molecule has 1 heterocycles. The summed E-state index contributed by atoms with van der Waals surface area (Å²) in [4.78, 5) is 2.54. The number of nitrogens with one attached hydrogen (secondary N) is 1. The molecule has 1 N–H and O–H groups in total. The fourth-order valence-electron chi connectivity index (χ4n) is 2.08. The van der Waals surface area contributed by atoms with E-state index in [2.05, 4.69) is 10.2 Å². The Morgan fingerprint density at radius 3 is 2.62 bits per heavy atom. The van der Waals surface area contributed by atoms with Crippen LogP contribution in [0.2, 0.25) is 0 Å². The van der Waals surface area contributed by atoms with E-state index in [4.69, 9.17) is 9.47 Å². The van der Waals surface area contributed by atoms with E-state index in [0.717, 1.165) is 13.2 Å². The molecule has 0 aromatic heterocycles. The molecule has 0 aromatic carbocycles. The van der Waals surface area contributed by atoms with Crippen LogP contribution in [0.1, 0.15) is 19.3 Å². The SMILES string of the molecule is CNCCCN1CCC(OCCOC)CC1. The van der Waals surface area contributed by atoms with Crippen LogP contribution in [-0.2, 0) is 9.47 Å². The van der Waals surface area contributed by atoms with Crippen molar-refractivity contribution in [2.24, 2.45) is 0 Å². The Bertz CT molecular complexity index is 141. The first-order chi connectivity index (χ1) is 7.86. The van der Waals surface area contributed by atoms with Crippen LogP contribution < -0.4 is 5.32 Å². The van der Waals surface area contributed by atoms with E-state index in [0.29, 0.717) is 12.7 Å². The summed E-state index contributed by atoms with van der Waals surface area (Å²) in [5, 5.41) is 3.19. The maximum atomic E-state index is 5.73. The number of rotatable bonds is 8. The maximum absolute atomic E-state index is 5.73. The van der Waals surface area contributed by atoms with E-state index in [9.17, 15) is 0 Å². The third kappa shape index (κ3) is 5.80. The second-order valence-electron chi connectivity index (χ2n) is 4.36. The first kappa shape index (κ1) is 13.9. The van der Waals surface area contributed by atoms with E-state index >= 15 is 0 Å². The first-order valence-electron chi connectivity index (χ1n) is 6.34. The molecule has 1 aliphatic rings. The lowest BCUT2D eigenvalue weighted by molar-refractivity contribution is -0.0146. The zero-order valence-corrected chi connectivity index (χ0v) is 10.7. The van der Waals surface area contributed by atoms with Gasteiger partial charge in [-0.15, -0.1) is 0 Å². The van der Waals surface area contributed by atoms with Crippen LogP contribution in [0.5, 0.6) is 0 Å². The third-order valence-corrected chi connectivity index (χ3v) is 3.08. The lowest BCUT2D eigenvalue weighted by Gasteiger charge is -2.31. The highest BCUT2D eigenvalue weighted by molar-refractivity contribution is 4.72. The fraction of sp³-hybridized carbons (Fsp3) is 1.00. The van der Waals surface area contributed by atoms with Gasteiger partial charge < -0.3 is 19.7 Å². The van der Waals surface area contributed by atoms with Crippen LogP contribution in [-0.4, -0.2) is 64.6 Å². The van der Waals surface area contributed by atoms with E-state index < -0.39 is 0 Å². The van der Waals surface area contributed by atoms with Gasteiger partial charge in [-0.1, -0.05) is 0 Å². The fourth-order valence-corrected chi connectivity index (χ4v) is 2.08. The average Bonchev–Trinajstić information content (AvgIpc) is 2.32. The third-order valence-electron chi connectivity index (χ3n) is 3.08. The highest BCUT2D eigenvalue weighted by Crippen LogP contribution is 2.13. The summed E-state index contributed by atoms with van der Waals surface area (Å²) in [7, 11) is 3.73. The normalized spacial score (nSPS) is 19.1. The Morgan fingerprint density at radius 2 is 2.00 bits per heavy atom. The van der Waals surface area contributed by atoms with Crippen molar-refractivity contribution in [3.63, 3.8) is 0 Å². The Balaban J connectivity index is 2.00. The molecule has 0 atom stereocenters. The molecule has 0 saturated carbocycles. The van der Waals surface area contributed by atoms with Gasteiger partial charge in [-0.25, -0.2) is 0 Å². The van der Waals surface area contributed by atoms with Crippen molar-refractivity contribution in [2.75, 3.05) is 53.6 Å². The number of ether oxygens (including phenoxy) is 2. The average molecular weight is 230 g/mol. The Labute approximate surface area is 99.3 Å². The molecule has 0 unspecified atom stereocenters. The van der Waals surface area contributed by atoms with Crippen molar-refractivity contribution in [1.29, 1.82) is 0 Å². The summed E-state index contributed by atoms with van der Waals surface area (Å²) in [5.74, 6) is 0. The summed E-state index contributed by atoms with van der Waals surface area (Å²) in [5.41, 5.74) is 0. The second kappa shape index (κ2) is 8.93. The number of nitrogens with zero attached hydrogens (tertiary/aromatic N) is 1. The quantitative estimate of drug-likeness (QED) is 0.623. The number of likely N-dealkylation sites (tertiary alicyclic amines) is 1. The zero-order valence-electron chi connectivity index (χ0n) is 10.7. The lowest BCUT2D eigenvalue weighted by Crippen LogP contribution is -2.38. The molecule has 0 spiro atoms. The summed E-state index contributed by atoms with van der Waals surface area (Å²) in [6.07, 6.45) is 4.04. The molecule has 1 fully saturated rings. The van der Waals surface area contributed by atoms with Crippen LogP contribution in [0.3, 0.4) is 0 Å². The van der Waals surface area contributed by atoms with Gasteiger partial charge in [-0.3, -0.25) is 0 Å². The summed E-state index contributed by atoms with van der Waals surface area (Å²) >= 11 is 0. The minimum atomic E-state index is 0.454. The summed E-state index contributed by atoms with van der Waals surface area (Å²) < 4.78 is 10.7. The minimum absolute atomic E-state index is 0.454. The van der Waals surface area contributed by atoms with Crippen LogP contribution >= 0.6 is 0 Å². The molecular weight excluding hydrogens is 204 g/mol. The molecule has 16 heavy (non-hydrogen) atoms. The number of hydrogen-bond acceptors (Lipinski definition) is 4. The van der Waals surface area contributed by atoms with Crippen LogP contribution in [0.15, 0.2) is 0 Å². The van der Waals surface area contributed by atoms with Gasteiger partial charge in [0, 0.05) is 20.2 Å². The van der Waals surface area contributed by atoms with Gasteiger partial charge in [-0.2, -0.15) is 0 Å². The minimum Gasteiger partial charge on any atom is -0.382 e. The van der Waals surface area contributed by atoms with Gasteiger partial charge >= 0.3 is 0 Å². The van der Waals surface area contributed by atoms with Crippen molar-refractivity contribution < 1.29 is 9.47 Å². The zero-order chi connectivity index (χ0) is 11.6. The van der Waals surface area contributed by atoms with Crippen LogP contribution in [0.4, 0.5) is 0 Å². The van der Waals surface area contributed by atoms with Gasteiger partial charge in [0.2, 0.25) is 0 Å². The lowest BCUT2D eigenvalue weighted by atomic mass is 10.1. The molecule has 0 amide bonds. The van der Waals surface area contributed by atoms with Crippen molar-refractivity contribution in [2.45, 2.75) is 25.4 Å². The standard InChI is InChI=1S/C12H26N2O2/c1-13-6-3-7-14-8-4-12(5-9-14)16-11-10-15-2/h12-13H,3-11H2,1-2H3. The van der Waals surface area contributed by atoms with Gasteiger partial charge in [0.1, 0.15) is 0 Å². The molecular formula is C12H26N2O2. The predicted octanol–water partition coefficient (Wildman–Crippen LogP) is 0.723. The summed E-state index contributed by atoms with van der Waals surface area (Å²) in [6, 6.07) is 0. The van der Waals surface area contributed by atoms with Crippen molar-refractivity contribution in [3.05, 3.63) is 0 Å².